The Kier molecular flexibility index (Phi) is 7.09. The smallest absolute Gasteiger partial charge is 0.223 e. The summed E-state index contributed by atoms with van der Waals surface area (Å²) in [6.07, 6.45) is 2.08. The van der Waals surface area contributed by atoms with Gasteiger partial charge in [0.1, 0.15) is 0 Å². The minimum absolute atomic E-state index is 0.187. The van der Waals surface area contributed by atoms with Crippen molar-refractivity contribution in [3.05, 3.63) is 35.4 Å². The van der Waals surface area contributed by atoms with Crippen LogP contribution < -0.4 is 16.0 Å². The topological polar surface area (TPSA) is 65.5 Å². The third kappa shape index (κ3) is 6.22. The number of nitrogens with one attached hydrogen (secondary N) is 3. The maximum Gasteiger partial charge on any atom is 0.223 e. The normalized spacial score (nSPS) is 15.7. The molecule has 1 aliphatic carbocycles. The van der Waals surface area contributed by atoms with Crippen molar-refractivity contribution in [3.63, 3.8) is 0 Å². The van der Waals surface area contributed by atoms with Gasteiger partial charge in [-0.3, -0.25) is 9.79 Å². The Bertz CT molecular complexity index is 549. The molecule has 5 heteroatoms. The molecule has 1 aromatic carbocycles. The van der Waals surface area contributed by atoms with E-state index in [1.807, 2.05) is 0 Å². The molecule has 1 atom stereocenters. The van der Waals surface area contributed by atoms with Gasteiger partial charge < -0.3 is 16.0 Å². The molecule has 1 aromatic rings. The number of aryl methyl sites for hydroxylation is 1. The summed E-state index contributed by atoms with van der Waals surface area (Å²) in [4.78, 5) is 16.2. The summed E-state index contributed by atoms with van der Waals surface area (Å²) < 4.78 is 0. The van der Waals surface area contributed by atoms with E-state index in [2.05, 4.69) is 66.0 Å². The molecule has 0 saturated heterocycles. The van der Waals surface area contributed by atoms with Crippen molar-refractivity contribution < 1.29 is 4.79 Å². The molecule has 0 bridgehead atoms. The van der Waals surface area contributed by atoms with Crippen LogP contribution in [-0.2, 0) is 4.79 Å². The van der Waals surface area contributed by atoms with Crippen LogP contribution in [0.4, 0.5) is 0 Å². The molecular weight excluding hydrogens is 300 g/mol. The van der Waals surface area contributed by atoms with E-state index in [-0.39, 0.29) is 11.8 Å². The Labute approximate surface area is 145 Å². The predicted molar refractivity (Wildman–Crippen MR) is 99.3 cm³/mol. The molecule has 2 rings (SSSR count). The number of nitrogens with zero attached hydrogens (tertiary/aromatic N) is 1. The minimum Gasteiger partial charge on any atom is -0.357 e. The van der Waals surface area contributed by atoms with E-state index in [4.69, 9.17) is 0 Å². The number of rotatable bonds is 8. The molecule has 0 aromatic heterocycles. The van der Waals surface area contributed by atoms with Crippen molar-refractivity contribution in [3.8, 4) is 0 Å². The van der Waals surface area contributed by atoms with Crippen LogP contribution in [0.15, 0.2) is 29.3 Å². The summed E-state index contributed by atoms with van der Waals surface area (Å²) >= 11 is 0. The molecule has 1 amide bonds. The number of guanidine groups is 1. The Balaban J connectivity index is 1.76. The first-order chi connectivity index (χ1) is 11.6. The highest BCUT2D eigenvalue weighted by molar-refractivity contribution is 5.81. The summed E-state index contributed by atoms with van der Waals surface area (Å²) in [5.74, 6) is 1.63. The second-order valence-electron chi connectivity index (χ2n) is 6.52. The number of hydrogen-bond acceptors (Lipinski definition) is 2. The highest BCUT2D eigenvalue weighted by Gasteiger charge is 2.28. The van der Waals surface area contributed by atoms with E-state index >= 15 is 0 Å². The fourth-order valence-corrected chi connectivity index (χ4v) is 2.43. The standard InChI is InChI=1S/C19H30N4O/c1-4-20-19(22-12-11-21-18(24)17-9-10-17)23-13-15(3)16-7-5-14(2)6-8-16/h5-8,15,17H,4,9-13H2,1-3H3,(H,21,24)(H2,20,22,23). The quantitative estimate of drug-likeness (QED) is 0.389. The highest BCUT2D eigenvalue weighted by atomic mass is 16.2. The van der Waals surface area contributed by atoms with E-state index in [1.165, 1.54) is 11.1 Å². The molecule has 1 aliphatic rings. The first-order valence-electron chi connectivity index (χ1n) is 8.96. The Hall–Kier alpha value is -2.04. The first-order valence-corrected chi connectivity index (χ1v) is 8.96. The lowest BCUT2D eigenvalue weighted by Gasteiger charge is -2.14. The third-order valence-electron chi connectivity index (χ3n) is 4.18. The SMILES string of the molecule is CCNC(=NCC(C)c1ccc(C)cc1)NCCNC(=O)C1CC1. The maximum absolute atomic E-state index is 11.6. The molecule has 0 heterocycles. The van der Waals surface area contributed by atoms with Crippen LogP contribution in [0.2, 0.25) is 0 Å². The van der Waals surface area contributed by atoms with Crippen LogP contribution in [0.5, 0.6) is 0 Å². The van der Waals surface area contributed by atoms with Gasteiger partial charge in [0, 0.05) is 38.0 Å². The van der Waals surface area contributed by atoms with Crippen molar-refractivity contribution in [2.45, 2.75) is 39.5 Å². The van der Waals surface area contributed by atoms with Crippen molar-refractivity contribution >= 4 is 11.9 Å². The Morgan fingerprint density at radius 3 is 2.46 bits per heavy atom. The molecule has 0 aliphatic heterocycles. The minimum atomic E-state index is 0.187. The largest absolute Gasteiger partial charge is 0.357 e. The molecule has 132 valence electrons. The fourth-order valence-electron chi connectivity index (χ4n) is 2.43. The molecule has 1 unspecified atom stereocenters. The second kappa shape index (κ2) is 9.30. The number of carbonyl (C=O) groups is 1. The van der Waals surface area contributed by atoms with E-state index in [1.54, 1.807) is 0 Å². The average molecular weight is 330 g/mol. The van der Waals surface area contributed by atoms with Crippen molar-refractivity contribution in [1.29, 1.82) is 0 Å². The lowest BCUT2D eigenvalue weighted by atomic mass is 10.0. The van der Waals surface area contributed by atoms with Crippen LogP contribution in [0.25, 0.3) is 0 Å². The van der Waals surface area contributed by atoms with Gasteiger partial charge in [0.25, 0.3) is 0 Å². The van der Waals surface area contributed by atoms with Gasteiger partial charge in [-0.05, 0) is 32.3 Å². The number of hydrogen-bond donors (Lipinski definition) is 3. The van der Waals surface area contributed by atoms with Crippen molar-refractivity contribution in [1.82, 2.24) is 16.0 Å². The maximum atomic E-state index is 11.6. The van der Waals surface area contributed by atoms with Gasteiger partial charge in [0.15, 0.2) is 5.96 Å². The van der Waals surface area contributed by atoms with Crippen LogP contribution in [0.1, 0.15) is 43.7 Å². The lowest BCUT2D eigenvalue weighted by Crippen LogP contribution is -2.42. The summed E-state index contributed by atoms with van der Waals surface area (Å²) in [5.41, 5.74) is 2.58. The van der Waals surface area contributed by atoms with E-state index < -0.39 is 0 Å². The summed E-state index contributed by atoms with van der Waals surface area (Å²) in [6, 6.07) is 8.62. The number of benzene rings is 1. The van der Waals surface area contributed by atoms with E-state index in [0.717, 1.165) is 31.9 Å². The molecule has 0 radical (unpaired) electrons. The number of carbonyl (C=O) groups excluding carboxylic acids is 1. The zero-order chi connectivity index (χ0) is 17.4. The number of aliphatic imine (C=N–C) groups is 1. The molecule has 24 heavy (non-hydrogen) atoms. The molecule has 3 N–H and O–H groups in total. The van der Waals surface area contributed by atoms with E-state index in [9.17, 15) is 4.79 Å². The molecule has 1 fully saturated rings. The van der Waals surface area contributed by atoms with Gasteiger partial charge in [0.2, 0.25) is 5.91 Å². The van der Waals surface area contributed by atoms with Gasteiger partial charge >= 0.3 is 0 Å². The van der Waals surface area contributed by atoms with Gasteiger partial charge in [-0.15, -0.1) is 0 Å². The van der Waals surface area contributed by atoms with Gasteiger partial charge in [-0.25, -0.2) is 0 Å². The number of amides is 1. The monoisotopic (exact) mass is 330 g/mol. The third-order valence-corrected chi connectivity index (χ3v) is 4.18. The van der Waals surface area contributed by atoms with Gasteiger partial charge in [-0.2, -0.15) is 0 Å². The average Bonchev–Trinajstić information content (AvgIpc) is 3.41. The van der Waals surface area contributed by atoms with Crippen molar-refractivity contribution in [2.24, 2.45) is 10.9 Å². The zero-order valence-electron chi connectivity index (χ0n) is 15.1. The van der Waals surface area contributed by atoms with Crippen LogP contribution >= 0.6 is 0 Å². The summed E-state index contributed by atoms with van der Waals surface area (Å²) in [6.45, 7) is 9.20. The van der Waals surface area contributed by atoms with E-state index in [0.29, 0.717) is 19.0 Å². The molecule has 5 nitrogen and oxygen atoms in total. The summed E-state index contributed by atoms with van der Waals surface area (Å²) in [7, 11) is 0. The fraction of sp³-hybridized carbons (Fsp3) is 0.579. The summed E-state index contributed by atoms with van der Waals surface area (Å²) in [5, 5.41) is 9.48. The zero-order valence-corrected chi connectivity index (χ0v) is 15.1. The van der Waals surface area contributed by atoms with Crippen molar-refractivity contribution in [2.75, 3.05) is 26.2 Å². The van der Waals surface area contributed by atoms with Crippen LogP contribution in [0.3, 0.4) is 0 Å². The molecule has 0 spiro atoms. The Morgan fingerprint density at radius 2 is 1.83 bits per heavy atom. The highest BCUT2D eigenvalue weighted by Crippen LogP contribution is 2.28. The Morgan fingerprint density at radius 1 is 1.17 bits per heavy atom. The second-order valence-corrected chi connectivity index (χ2v) is 6.52. The first kappa shape index (κ1) is 18.3. The van der Waals surface area contributed by atoms with Gasteiger partial charge in [-0.1, -0.05) is 36.8 Å². The predicted octanol–water partition coefficient (Wildman–Crippen LogP) is 2.18. The molecular formula is C19H30N4O. The van der Waals surface area contributed by atoms with Crippen LogP contribution in [-0.4, -0.2) is 38.0 Å². The molecule has 1 saturated carbocycles. The van der Waals surface area contributed by atoms with Gasteiger partial charge in [0.05, 0.1) is 0 Å². The van der Waals surface area contributed by atoms with Crippen LogP contribution in [0, 0.1) is 12.8 Å². The lowest BCUT2D eigenvalue weighted by molar-refractivity contribution is -0.122.